The van der Waals surface area contributed by atoms with Gasteiger partial charge < -0.3 is 13.7 Å². The third kappa shape index (κ3) is 2.94. The van der Waals surface area contributed by atoms with Gasteiger partial charge in [-0.2, -0.15) is 0 Å². The Bertz CT molecular complexity index is 1510. The molecule has 0 bridgehead atoms. The molecule has 2 heterocycles. The Kier molecular flexibility index (Phi) is 4.25. The first-order chi connectivity index (χ1) is 15.8. The maximum Gasteiger partial charge on any atom is 0.248 e. The fourth-order valence-electron chi connectivity index (χ4n) is 4.17. The minimum Gasteiger partial charge on any atom is -0.497 e. The van der Waals surface area contributed by atoms with Crippen LogP contribution in [-0.4, -0.2) is 21.9 Å². The molecule has 4 aromatic carbocycles. The lowest BCUT2D eigenvalue weighted by Gasteiger charge is -2.08. The van der Waals surface area contributed by atoms with Crippen molar-refractivity contribution < 1.29 is 9.15 Å². The summed E-state index contributed by atoms with van der Waals surface area (Å²) in [6, 6.07) is 32.7. The van der Waals surface area contributed by atoms with Gasteiger partial charge in [0.1, 0.15) is 5.75 Å². The zero-order valence-electron chi connectivity index (χ0n) is 17.4. The van der Waals surface area contributed by atoms with Crippen LogP contribution in [0.2, 0.25) is 0 Å². The number of fused-ring (bicyclic) bond motifs is 3. The van der Waals surface area contributed by atoms with E-state index >= 15 is 0 Å². The SMILES string of the molecule is COc1cccc(-c2nnc(-c3ccc(-n4c5ccccc5c5ccccc54)cc3)o2)c1. The van der Waals surface area contributed by atoms with Crippen molar-refractivity contribution >= 4 is 21.8 Å². The first kappa shape index (κ1) is 18.4. The Morgan fingerprint density at radius 2 is 1.28 bits per heavy atom. The van der Waals surface area contributed by atoms with E-state index in [0.29, 0.717) is 11.8 Å². The van der Waals surface area contributed by atoms with Crippen molar-refractivity contribution in [2.75, 3.05) is 7.11 Å². The van der Waals surface area contributed by atoms with Crippen molar-refractivity contribution in [3.8, 4) is 34.3 Å². The molecule has 32 heavy (non-hydrogen) atoms. The van der Waals surface area contributed by atoms with Gasteiger partial charge in [-0.05, 0) is 54.6 Å². The molecule has 2 aromatic heterocycles. The first-order valence-corrected chi connectivity index (χ1v) is 10.4. The Balaban J connectivity index is 1.40. The largest absolute Gasteiger partial charge is 0.497 e. The fraction of sp³-hybridized carbons (Fsp3) is 0.0370. The van der Waals surface area contributed by atoms with Gasteiger partial charge in [-0.1, -0.05) is 42.5 Å². The van der Waals surface area contributed by atoms with Gasteiger partial charge in [0, 0.05) is 27.6 Å². The van der Waals surface area contributed by atoms with Gasteiger partial charge >= 0.3 is 0 Å². The lowest BCUT2D eigenvalue weighted by atomic mass is 10.2. The van der Waals surface area contributed by atoms with E-state index in [1.165, 1.54) is 21.8 Å². The number of hydrogen-bond acceptors (Lipinski definition) is 4. The Morgan fingerprint density at radius 1 is 0.656 bits per heavy atom. The Labute approximate surface area is 184 Å². The number of ether oxygens (including phenoxy) is 1. The Hall–Kier alpha value is -4.38. The molecular formula is C27H19N3O2. The highest BCUT2D eigenvalue weighted by Gasteiger charge is 2.14. The van der Waals surface area contributed by atoms with Crippen molar-refractivity contribution in [2.24, 2.45) is 0 Å². The Morgan fingerprint density at radius 3 is 1.94 bits per heavy atom. The fourth-order valence-corrected chi connectivity index (χ4v) is 4.17. The highest BCUT2D eigenvalue weighted by molar-refractivity contribution is 6.09. The molecule has 0 radical (unpaired) electrons. The summed E-state index contributed by atoms with van der Waals surface area (Å²) in [5.74, 6) is 1.69. The van der Waals surface area contributed by atoms with Crippen molar-refractivity contribution in [3.63, 3.8) is 0 Å². The molecule has 154 valence electrons. The van der Waals surface area contributed by atoms with Crippen molar-refractivity contribution in [2.45, 2.75) is 0 Å². The number of rotatable bonds is 4. The summed E-state index contributed by atoms with van der Waals surface area (Å²) >= 11 is 0. The van der Waals surface area contributed by atoms with Gasteiger partial charge in [-0.15, -0.1) is 10.2 Å². The van der Waals surface area contributed by atoms with Crippen LogP contribution in [0.15, 0.2) is 101 Å². The van der Waals surface area contributed by atoms with E-state index in [-0.39, 0.29) is 0 Å². The minimum absolute atomic E-state index is 0.463. The highest BCUT2D eigenvalue weighted by Crippen LogP contribution is 2.33. The van der Waals surface area contributed by atoms with Crippen LogP contribution in [0.25, 0.3) is 50.4 Å². The topological polar surface area (TPSA) is 53.1 Å². The van der Waals surface area contributed by atoms with Crippen LogP contribution < -0.4 is 4.74 Å². The predicted molar refractivity (Wildman–Crippen MR) is 126 cm³/mol. The van der Waals surface area contributed by atoms with E-state index in [1.807, 2.05) is 36.4 Å². The summed E-state index contributed by atoms with van der Waals surface area (Å²) in [5.41, 5.74) is 5.14. The summed E-state index contributed by atoms with van der Waals surface area (Å²) in [4.78, 5) is 0. The normalized spacial score (nSPS) is 11.3. The second-order valence-corrected chi connectivity index (χ2v) is 7.56. The molecule has 5 heteroatoms. The molecular weight excluding hydrogens is 398 g/mol. The summed E-state index contributed by atoms with van der Waals surface area (Å²) in [6.45, 7) is 0. The molecule has 0 saturated heterocycles. The van der Waals surface area contributed by atoms with Crippen LogP contribution >= 0.6 is 0 Å². The third-order valence-electron chi connectivity index (χ3n) is 5.69. The van der Waals surface area contributed by atoms with Crippen molar-refractivity contribution in [1.82, 2.24) is 14.8 Å². The molecule has 0 N–H and O–H groups in total. The quantitative estimate of drug-likeness (QED) is 0.328. The van der Waals surface area contributed by atoms with Gasteiger partial charge in [-0.25, -0.2) is 0 Å². The molecule has 0 saturated carbocycles. The average molecular weight is 417 g/mol. The molecule has 0 aliphatic rings. The summed E-state index contributed by atoms with van der Waals surface area (Å²) in [6.07, 6.45) is 0. The second-order valence-electron chi connectivity index (χ2n) is 7.56. The van der Waals surface area contributed by atoms with E-state index in [0.717, 1.165) is 22.6 Å². The second kappa shape index (κ2) is 7.39. The maximum absolute atomic E-state index is 5.94. The van der Waals surface area contributed by atoms with Crippen molar-refractivity contribution in [3.05, 3.63) is 97.1 Å². The van der Waals surface area contributed by atoms with E-state index in [1.54, 1.807) is 7.11 Å². The predicted octanol–water partition coefficient (Wildman–Crippen LogP) is 6.51. The standard InChI is InChI=1S/C27H19N3O2/c1-31-21-8-6-7-19(17-21)27-29-28-26(32-27)18-13-15-20(16-14-18)30-24-11-4-2-9-22(24)23-10-3-5-12-25(23)30/h2-17H,1H3. The van der Waals surface area contributed by atoms with Crippen LogP contribution in [0.4, 0.5) is 0 Å². The monoisotopic (exact) mass is 417 g/mol. The summed E-state index contributed by atoms with van der Waals surface area (Å²) < 4.78 is 13.5. The van der Waals surface area contributed by atoms with Gasteiger partial charge in [0.2, 0.25) is 11.8 Å². The van der Waals surface area contributed by atoms with E-state index in [9.17, 15) is 0 Å². The molecule has 6 rings (SSSR count). The molecule has 0 amide bonds. The minimum atomic E-state index is 0.463. The number of benzene rings is 4. The molecule has 0 aliphatic carbocycles. The van der Waals surface area contributed by atoms with Crippen molar-refractivity contribution in [1.29, 1.82) is 0 Å². The number of aromatic nitrogens is 3. The lowest BCUT2D eigenvalue weighted by Crippen LogP contribution is -1.93. The van der Waals surface area contributed by atoms with Gasteiger partial charge in [-0.3, -0.25) is 0 Å². The summed E-state index contributed by atoms with van der Waals surface area (Å²) in [5, 5.41) is 10.9. The summed E-state index contributed by atoms with van der Waals surface area (Å²) in [7, 11) is 1.64. The van der Waals surface area contributed by atoms with Crippen LogP contribution in [0, 0.1) is 0 Å². The number of hydrogen-bond donors (Lipinski definition) is 0. The molecule has 0 unspecified atom stereocenters. The molecule has 0 atom stereocenters. The first-order valence-electron chi connectivity index (χ1n) is 10.4. The molecule has 6 aromatic rings. The van der Waals surface area contributed by atoms with Crippen LogP contribution in [0.1, 0.15) is 0 Å². The van der Waals surface area contributed by atoms with E-state index < -0.39 is 0 Å². The van der Waals surface area contributed by atoms with Crippen LogP contribution in [-0.2, 0) is 0 Å². The van der Waals surface area contributed by atoms with E-state index in [4.69, 9.17) is 9.15 Å². The van der Waals surface area contributed by atoms with Gasteiger partial charge in [0.15, 0.2) is 0 Å². The van der Waals surface area contributed by atoms with E-state index in [2.05, 4.69) is 75.4 Å². The maximum atomic E-state index is 5.94. The number of methoxy groups -OCH3 is 1. The lowest BCUT2D eigenvalue weighted by molar-refractivity contribution is 0.415. The zero-order chi connectivity index (χ0) is 21.5. The van der Waals surface area contributed by atoms with Crippen LogP contribution in [0.3, 0.4) is 0 Å². The number of nitrogens with zero attached hydrogens (tertiary/aromatic N) is 3. The smallest absolute Gasteiger partial charge is 0.248 e. The van der Waals surface area contributed by atoms with Crippen LogP contribution in [0.5, 0.6) is 5.75 Å². The third-order valence-corrected chi connectivity index (χ3v) is 5.69. The van der Waals surface area contributed by atoms with Gasteiger partial charge in [0.25, 0.3) is 0 Å². The number of para-hydroxylation sites is 2. The highest BCUT2D eigenvalue weighted by atomic mass is 16.5. The molecule has 0 aliphatic heterocycles. The molecule has 0 fully saturated rings. The zero-order valence-corrected chi connectivity index (χ0v) is 17.4. The average Bonchev–Trinajstić information content (AvgIpc) is 3.48. The molecule has 5 nitrogen and oxygen atoms in total. The van der Waals surface area contributed by atoms with Gasteiger partial charge in [0.05, 0.1) is 18.1 Å². The molecule has 0 spiro atoms.